The van der Waals surface area contributed by atoms with Gasteiger partial charge in [0.1, 0.15) is 17.0 Å². The quantitative estimate of drug-likeness (QED) is 0.173. The van der Waals surface area contributed by atoms with E-state index in [4.69, 9.17) is 9.40 Å². The molecule has 0 amide bonds. The Morgan fingerprint density at radius 3 is 1.75 bits per heavy atom. The summed E-state index contributed by atoms with van der Waals surface area (Å²) in [6.45, 7) is 0. The average Bonchev–Trinajstić information content (AvgIpc) is 3.98. The average molecular weight is 704 g/mol. The molecule has 0 saturated carbocycles. The second kappa shape index (κ2) is 12.6. The van der Waals surface area contributed by atoms with Crippen LogP contribution < -0.4 is 0 Å². The van der Waals surface area contributed by atoms with Crippen LogP contribution in [0, 0.1) is 0 Å². The van der Waals surface area contributed by atoms with Gasteiger partial charge in [-0.25, -0.2) is 4.98 Å². The van der Waals surface area contributed by atoms with Crippen molar-refractivity contribution in [2.75, 3.05) is 0 Å². The summed E-state index contributed by atoms with van der Waals surface area (Å²) < 4.78 is 11.0. The lowest BCUT2D eigenvalue weighted by atomic mass is 9.99. The Balaban J connectivity index is 0.996. The van der Waals surface area contributed by atoms with E-state index in [1.54, 1.807) is 0 Å². The molecule has 11 aromatic rings. The standard InChI is InChI=1S/C51H33N3O/c1-3-11-34(12-4-1)36-15-9-16-37(29-36)38-17-10-18-41(30-38)53-28-27-52-51(53)40-22-25-49-45(32-40)46-33-42(23-26-50(46)55-49)54-47-20-8-7-19-43(47)44-31-39(21-24-48(44)54)35-13-5-2-6-14-35/h1-33H. The monoisotopic (exact) mass is 703 g/mol. The number of furan rings is 1. The predicted molar refractivity (Wildman–Crippen MR) is 227 cm³/mol. The van der Waals surface area contributed by atoms with Crippen molar-refractivity contribution < 1.29 is 4.42 Å². The minimum atomic E-state index is 0.851. The van der Waals surface area contributed by atoms with Gasteiger partial charge in [0, 0.05) is 50.9 Å². The lowest BCUT2D eigenvalue weighted by Crippen LogP contribution is -1.96. The molecular weight excluding hydrogens is 671 g/mol. The molecule has 3 aromatic heterocycles. The van der Waals surface area contributed by atoms with Gasteiger partial charge >= 0.3 is 0 Å². The largest absolute Gasteiger partial charge is 0.456 e. The van der Waals surface area contributed by atoms with Gasteiger partial charge in [-0.05, 0) is 106 Å². The van der Waals surface area contributed by atoms with Gasteiger partial charge in [-0.15, -0.1) is 0 Å². The van der Waals surface area contributed by atoms with Crippen LogP contribution in [0.15, 0.2) is 205 Å². The summed E-state index contributed by atoms with van der Waals surface area (Å²) in [4.78, 5) is 4.87. The Morgan fingerprint density at radius 2 is 0.945 bits per heavy atom. The first-order chi connectivity index (χ1) is 27.2. The van der Waals surface area contributed by atoms with Gasteiger partial charge in [0.15, 0.2) is 0 Å². The summed E-state index contributed by atoms with van der Waals surface area (Å²) in [6.07, 6.45) is 3.91. The number of para-hydroxylation sites is 1. The normalized spacial score (nSPS) is 11.6. The topological polar surface area (TPSA) is 35.9 Å². The zero-order valence-corrected chi connectivity index (χ0v) is 29.8. The van der Waals surface area contributed by atoms with Crippen molar-refractivity contribution in [1.29, 1.82) is 0 Å². The molecule has 258 valence electrons. The van der Waals surface area contributed by atoms with Crippen LogP contribution in [-0.4, -0.2) is 14.1 Å². The van der Waals surface area contributed by atoms with Crippen LogP contribution in [0.25, 0.3) is 99.9 Å². The molecule has 0 bridgehead atoms. The molecule has 0 spiro atoms. The Hall–Kier alpha value is -7.43. The molecule has 0 saturated heterocycles. The molecule has 0 aliphatic heterocycles. The van der Waals surface area contributed by atoms with Crippen LogP contribution in [-0.2, 0) is 0 Å². The maximum Gasteiger partial charge on any atom is 0.144 e. The zero-order chi connectivity index (χ0) is 36.3. The first kappa shape index (κ1) is 31.1. The Labute approximate surface area is 317 Å². The number of fused-ring (bicyclic) bond motifs is 6. The molecule has 3 heterocycles. The number of hydrogen-bond donors (Lipinski definition) is 0. The van der Waals surface area contributed by atoms with Crippen LogP contribution in [0.3, 0.4) is 0 Å². The molecule has 4 nitrogen and oxygen atoms in total. The van der Waals surface area contributed by atoms with E-state index in [2.05, 4.69) is 197 Å². The van der Waals surface area contributed by atoms with E-state index in [9.17, 15) is 0 Å². The van der Waals surface area contributed by atoms with Crippen molar-refractivity contribution in [3.05, 3.63) is 200 Å². The molecular formula is C51H33N3O. The fourth-order valence-electron chi connectivity index (χ4n) is 8.17. The molecule has 11 rings (SSSR count). The Morgan fingerprint density at radius 1 is 0.364 bits per heavy atom. The van der Waals surface area contributed by atoms with E-state index in [0.717, 1.165) is 50.3 Å². The second-order valence-electron chi connectivity index (χ2n) is 14.1. The highest BCUT2D eigenvalue weighted by molar-refractivity contribution is 6.12. The van der Waals surface area contributed by atoms with E-state index in [1.165, 1.54) is 49.6 Å². The fraction of sp³-hybridized carbons (Fsp3) is 0. The Bertz CT molecular complexity index is 3200. The van der Waals surface area contributed by atoms with Crippen molar-refractivity contribution in [2.45, 2.75) is 0 Å². The van der Waals surface area contributed by atoms with Crippen molar-refractivity contribution >= 4 is 43.7 Å². The van der Waals surface area contributed by atoms with Gasteiger partial charge in [0.05, 0.1) is 11.0 Å². The summed E-state index contributed by atoms with van der Waals surface area (Å²) in [7, 11) is 0. The summed E-state index contributed by atoms with van der Waals surface area (Å²) in [6, 6.07) is 66.9. The molecule has 0 fully saturated rings. The number of rotatable bonds is 6. The van der Waals surface area contributed by atoms with Gasteiger partial charge < -0.3 is 8.98 Å². The van der Waals surface area contributed by atoms with Crippen LogP contribution in [0.4, 0.5) is 0 Å². The maximum atomic E-state index is 6.42. The van der Waals surface area contributed by atoms with E-state index >= 15 is 0 Å². The molecule has 8 aromatic carbocycles. The van der Waals surface area contributed by atoms with Crippen LogP contribution in [0.2, 0.25) is 0 Å². The number of nitrogens with zero attached hydrogens (tertiary/aromatic N) is 3. The minimum Gasteiger partial charge on any atom is -0.456 e. The zero-order valence-electron chi connectivity index (χ0n) is 29.8. The second-order valence-corrected chi connectivity index (χ2v) is 14.1. The van der Waals surface area contributed by atoms with Gasteiger partial charge in [0.25, 0.3) is 0 Å². The summed E-state index contributed by atoms with van der Waals surface area (Å²) in [5, 5.41) is 4.59. The smallest absolute Gasteiger partial charge is 0.144 e. The predicted octanol–water partition coefficient (Wildman–Crippen LogP) is 13.5. The molecule has 0 aliphatic carbocycles. The Kier molecular flexibility index (Phi) is 7.14. The van der Waals surface area contributed by atoms with Gasteiger partial charge in [-0.2, -0.15) is 0 Å². The summed E-state index contributed by atoms with van der Waals surface area (Å²) in [5.74, 6) is 0.874. The molecule has 4 heteroatoms. The number of benzene rings is 8. The van der Waals surface area contributed by atoms with Gasteiger partial charge in [-0.3, -0.25) is 4.57 Å². The summed E-state index contributed by atoms with van der Waals surface area (Å²) in [5.41, 5.74) is 14.4. The lowest BCUT2D eigenvalue weighted by molar-refractivity contribution is 0.669. The van der Waals surface area contributed by atoms with E-state index < -0.39 is 0 Å². The fourth-order valence-corrected chi connectivity index (χ4v) is 8.17. The molecule has 0 aliphatic rings. The van der Waals surface area contributed by atoms with Crippen LogP contribution >= 0.6 is 0 Å². The van der Waals surface area contributed by atoms with Crippen molar-refractivity contribution in [1.82, 2.24) is 14.1 Å². The highest BCUT2D eigenvalue weighted by Gasteiger charge is 2.17. The van der Waals surface area contributed by atoms with Crippen molar-refractivity contribution in [3.8, 4) is 56.1 Å². The molecule has 0 radical (unpaired) electrons. The molecule has 0 N–H and O–H groups in total. The van der Waals surface area contributed by atoms with Crippen molar-refractivity contribution in [3.63, 3.8) is 0 Å². The third kappa shape index (κ3) is 5.26. The highest BCUT2D eigenvalue weighted by Crippen LogP contribution is 2.38. The van der Waals surface area contributed by atoms with E-state index in [1.807, 2.05) is 12.4 Å². The van der Waals surface area contributed by atoms with Gasteiger partial charge in [0.2, 0.25) is 0 Å². The molecule has 0 unspecified atom stereocenters. The maximum absolute atomic E-state index is 6.42. The number of aromatic nitrogens is 3. The number of imidazole rings is 1. The number of hydrogen-bond acceptors (Lipinski definition) is 2. The van der Waals surface area contributed by atoms with Crippen LogP contribution in [0.5, 0.6) is 0 Å². The first-order valence-electron chi connectivity index (χ1n) is 18.6. The van der Waals surface area contributed by atoms with E-state index in [-0.39, 0.29) is 0 Å². The van der Waals surface area contributed by atoms with Crippen molar-refractivity contribution in [2.24, 2.45) is 0 Å². The lowest BCUT2D eigenvalue weighted by Gasteiger charge is -2.11. The molecule has 55 heavy (non-hydrogen) atoms. The molecule has 0 atom stereocenters. The van der Waals surface area contributed by atoms with Crippen LogP contribution in [0.1, 0.15) is 0 Å². The highest BCUT2D eigenvalue weighted by atomic mass is 16.3. The minimum absolute atomic E-state index is 0.851. The first-order valence-corrected chi connectivity index (χ1v) is 18.6. The third-order valence-electron chi connectivity index (χ3n) is 10.8. The summed E-state index contributed by atoms with van der Waals surface area (Å²) >= 11 is 0. The third-order valence-corrected chi connectivity index (χ3v) is 10.8. The SMILES string of the molecule is c1ccc(-c2cccc(-c3cccc(-n4ccnc4-c4ccc5oc6ccc(-n7c8ccccc8c8cc(-c9ccccc9)ccc87)cc6c5c4)c3)c2)cc1. The van der Waals surface area contributed by atoms with Gasteiger partial charge in [-0.1, -0.05) is 115 Å². The van der Waals surface area contributed by atoms with E-state index in [0.29, 0.717) is 0 Å².